The normalized spacial score (nSPS) is 8.12. The van der Waals surface area contributed by atoms with E-state index in [2.05, 4.69) is 0 Å². The van der Waals surface area contributed by atoms with E-state index in [1.54, 1.807) is 26.0 Å². The minimum atomic E-state index is -1.16. The molecule has 7 heteroatoms. The molecule has 0 atom stereocenters. The molecule has 0 bridgehead atoms. The van der Waals surface area contributed by atoms with Crippen molar-refractivity contribution in [3.8, 4) is 0 Å². The molecule has 0 aromatic carbocycles. The molecule has 2 N–H and O–H groups in total. The Bertz CT molecular complexity index is 247. The fourth-order valence-electron chi connectivity index (χ4n) is 0.245. The van der Waals surface area contributed by atoms with Gasteiger partial charge in [0.1, 0.15) is 0 Å². The maximum atomic E-state index is 9.64. The van der Waals surface area contributed by atoms with Crippen molar-refractivity contribution in [1.82, 2.24) is 0 Å². The van der Waals surface area contributed by atoms with Crippen molar-refractivity contribution in [2.45, 2.75) is 20.3 Å². The number of aliphatic carboxylic acids is 2. The molecule has 0 aromatic heterocycles. The fraction of sp³-hybridized carbons (Fsp3) is 0.300. The Kier molecular flexibility index (Phi) is 36.8. The van der Waals surface area contributed by atoms with Gasteiger partial charge >= 0.3 is 57.4 Å². The van der Waals surface area contributed by atoms with Crippen LogP contribution in [0.25, 0.3) is 0 Å². The minimum absolute atomic E-state index is 0. The quantitative estimate of drug-likeness (QED) is 0.245. The zero-order valence-electron chi connectivity index (χ0n) is 10.1. The molecule has 0 heterocycles. The van der Waals surface area contributed by atoms with Crippen molar-refractivity contribution in [1.29, 1.82) is 0 Å². The monoisotopic (exact) mass is 270 g/mol. The first-order valence-electron chi connectivity index (χ1n) is 4.26. The van der Waals surface area contributed by atoms with Crippen LogP contribution >= 0.6 is 0 Å². The van der Waals surface area contributed by atoms with Crippen LogP contribution < -0.4 is 56.5 Å². The molecule has 0 saturated heterocycles. The third-order valence-electron chi connectivity index (χ3n) is 0.838. The summed E-state index contributed by atoms with van der Waals surface area (Å²) in [4.78, 5) is 27.4. The van der Waals surface area contributed by atoms with Crippen LogP contribution in [-0.2, 0) is 14.4 Å². The largest absolute Gasteiger partial charge is 1.00 e. The van der Waals surface area contributed by atoms with Gasteiger partial charge in [-0.15, -0.1) is 0 Å². The van der Waals surface area contributed by atoms with E-state index >= 15 is 0 Å². The van der Waals surface area contributed by atoms with Crippen molar-refractivity contribution < 1.29 is 81.1 Å². The molecule has 0 aliphatic carbocycles. The number of carbonyl (C=O) groups is 3. The summed E-state index contributed by atoms with van der Waals surface area (Å²) in [6.45, 7) is 3.15. The van der Waals surface area contributed by atoms with Gasteiger partial charge in [-0.2, -0.15) is 0 Å². The number of carbonyl (C=O) groups excluding carboxylic acids is 1. The van der Waals surface area contributed by atoms with Gasteiger partial charge in [-0.3, -0.25) is 9.59 Å². The smallest absolute Gasteiger partial charge is 0.545 e. The second-order valence-electron chi connectivity index (χ2n) is 2.06. The maximum Gasteiger partial charge on any atom is 1.00 e. The summed E-state index contributed by atoms with van der Waals surface area (Å²) in [5.41, 5.74) is 0. The van der Waals surface area contributed by atoms with Crippen LogP contribution in [0.2, 0.25) is 0 Å². The number of allylic oxidation sites excluding steroid dienone is 3. The Balaban J connectivity index is -0.0000000815. The van der Waals surface area contributed by atoms with E-state index in [1.807, 2.05) is 0 Å². The van der Waals surface area contributed by atoms with Gasteiger partial charge in [0, 0.05) is 6.42 Å². The van der Waals surface area contributed by atoms with Crippen LogP contribution in [0.3, 0.4) is 0 Å². The molecule has 0 aromatic rings. The Morgan fingerprint density at radius 1 is 1.29 bits per heavy atom. The molecule has 0 rings (SSSR count). The van der Waals surface area contributed by atoms with E-state index in [0.717, 1.165) is 6.08 Å². The number of hydrogen-bond acceptors (Lipinski definition) is 4. The average molecular weight is 270 g/mol. The van der Waals surface area contributed by atoms with Crippen molar-refractivity contribution in [3.05, 3.63) is 24.3 Å². The molecule has 0 radical (unpaired) electrons. The summed E-state index contributed by atoms with van der Waals surface area (Å²) in [5, 5.41) is 24.3. The van der Waals surface area contributed by atoms with Gasteiger partial charge in [0.15, 0.2) is 0 Å². The van der Waals surface area contributed by atoms with E-state index in [4.69, 9.17) is 15.0 Å². The van der Waals surface area contributed by atoms with Crippen molar-refractivity contribution >= 4 is 18.4 Å². The van der Waals surface area contributed by atoms with E-state index in [9.17, 15) is 14.7 Å². The molecule has 0 unspecified atom stereocenters. The number of hydrogen-bond donors (Lipinski definition) is 2. The summed E-state index contributed by atoms with van der Waals surface area (Å²) in [6.07, 6.45) is 5.96. The van der Waals surface area contributed by atoms with E-state index in [-0.39, 0.29) is 64.3 Å². The van der Waals surface area contributed by atoms with Gasteiger partial charge in [-0.1, -0.05) is 25.2 Å². The second kappa shape index (κ2) is 24.7. The molecular weight excluding hydrogens is 255 g/mol. The zero-order valence-corrected chi connectivity index (χ0v) is 13.2. The molecule has 0 aliphatic rings. The second-order valence-corrected chi connectivity index (χ2v) is 2.06. The molecule has 0 fully saturated rings. The van der Waals surface area contributed by atoms with Gasteiger partial charge in [-0.05, 0) is 13.0 Å². The van der Waals surface area contributed by atoms with E-state index < -0.39 is 11.9 Å². The predicted octanol–water partition coefficient (Wildman–Crippen LogP) is -2.95. The molecule has 0 saturated carbocycles. The zero-order chi connectivity index (χ0) is 13.4. The molecule has 0 aliphatic heterocycles. The molecular formula is C10H15KO6. The predicted molar refractivity (Wildman–Crippen MR) is 55.6 cm³/mol. The third-order valence-corrected chi connectivity index (χ3v) is 0.838. The molecule has 0 spiro atoms. The first-order valence-corrected chi connectivity index (χ1v) is 4.26. The topological polar surface area (TPSA) is 115 Å². The average Bonchev–Trinajstić information content (AvgIpc) is 2.20. The molecule has 6 nitrogen and oxygen atoms in total. The van der Waals surface area contributed by atoms with Crippen molar-refractivity contribution in [2.24, 2.45) is 0 Å². The summed E-state index contributed by atoms with van der Waals surface area (Å²) >= 11 is 0. The standard InChI is InChI=1S/C6H8O2.C3H6O2.CH2O2.K/c1-2-3-4-5-6(7)8;1-2-3(4)5;2-1-3;/h2-5H,1H3,(H,7,8);2H2,1H3,(H,4,5);1H,(H,2,3);/q;;;+1/p-1. The van der Waals surface area contributed by atoms with Gasteiger partial charge in [-0.25, -0.2) is 0 Å². The van der Waals surface area contributed by atoms with Crippen LogP contribution in [0.15, 0.2) is 24.3 Å². The Labute approximate surface area is 142 Å². The number of carboxylic acids is 2. The Hall–Kier alpha value is -0.474. The molecule has 17 heavy (non-hydrogen) atoms. The van der Waals surface area contributed by atoms with Crippen LogP contribution in [-0.4, -0.2) is 28.6 Å². The van der Waals surface area contributed by atoms with Gasteiger partial charge in [0.25, 0.3) is 6.47 Å². The Morgan fingerprint density at radius 2 is 1.65 bits per heavy atom. The van der Waals surface area contributed by atoms with Crippen molar-refractivity contribution in [2.75, 3.05) is 0 Å². The number of carboxylic acid groups (broad SMARTS) is 3. The summed E-state index contributed by atoms with van der Waals surface area (Å²) in [7, 11) is 0. The summed E-state index contributed by atoms with van der Waals surface area (Å²) in [6, 6.07) is 0. The summed E-state index contributed by atoms with van der Waals surface area (Å²) in [5.74, 6) is -1.91. The Morgan fingerprint density at radius 3 is 1.82 bits per heavy atom. The minimum Gasteiger partial charge on any atom is -0.545 e. The van der Waals surface area contributed by atoms with E-state index in [1.165, 1.54) is 6.08 Å². The van der Waals surface area contributed by atoms with Crippen LogP contribution in [0.4, 0.5) is 0 Å². The maximum absolute atomic E-state index is 9.64. The molecule has 92 valence electrons. The van der Waals surface area contributed by atoms with Gasteiger partial charge < -0.3 is 20.1 Å². The first kappa shape index (κ1) is 25.4. The van der Waals surface area contributed by atoms with Crippen molar-refractivity contribution in [3.63, 3.8) is 0 Å². The van der Waals surface area contributed by atoms with E-state index in [0.29, 0.717) is 0 Å². The fourth-order valence-corrected chi connectivity index (χ4v) is 0.245. The summed E-state index contributed by atoms with van der Waals surface area (Å²) < 4.78 is 0. The molecule has 0 amide bonds. The van der Waals surface area contributed by atoms with Gasteiger partial charge in [0.2, 0.25) is 0 Å². The third kappa shape index (κ3) is 66.7. The van der Waals surface area contributed by atoms with Gasteiger partial charge in [0.05, 0.1) is 5.97 Å². The van der Waals surface area contributed by atoms with Crippen LogP contribution in [0.1, 0.15) is 20.3 Å². The SMILES string of the molecule is CC=CC=CC(=O)[O-].CCC(=O)O.O=CO.[K+]. The first-order chi connectivity index (χ1) is 7.45. The number of rotatable bonds is 3. The van der Waals surface area contributed by atoms with Crippen LogP contribution in [0, 0.1) is 0 Å². The van der Waals surface area contributed by atoms with Crippen LogP contribution in [0.5, 0.6) is 0 Å².